The number of hydrogen-bond acceptors (Lipinski definition) is 5. The standard InChI is InChI=1S/C18H21ClN4O3/c19-13-8-11(9-22-5-3-20-4-6-22)7-12-10-23(18(26)16(12)13)14-1-2-15(24)21-17(14)25/h7-8,14,20H,1-6,9-10H2,(H,21,24,25). The molecule has 3 aliphatic heterocycles. The van der Waals surface area contributed by atoms with E-state index < -0.39 is 11.9 Å². The van der Waals surface area contributed by atoms with Crippen LogP contribution in [0.5, 0.6) is 0 Å². The zero-order valence-corrected chi connectivity index (χ0v) is 15.1. The Labute approximate surface area is 156 Å². The van der Waals surface area contributed by atoms with Gasteiger partial charge in [0.2, 0.25) is 11.8 Å². The molecule has 138 valence electrons. The molecule has 2 saturated heterocycles. The lowest BCUT2D eigenvalue weighted by molar-refractivity contribution is -0.136. The van der Waals surface area contributed by atoms with Gasteiger partial charge in [-0.1, -0.05) is 17.7 Å². The molecular formula is C18H21ClN4O3. The summed E-state index contributed by atoms with van der Waals surface area (Å²) in [5.74, 6) is -0.917. The van der Waals surface area contributed by atoms with Gasteiger partial charge in [0.1, 0.15) is 6.04 Å². The van der Waals surface area contributed by atoms with Crippen molar-refractivity contribution >= 4 is 29.3 Å². The second kappa shape index (κ2) is 6.98. The number of carbonyl (C=O) groups excluding carboxylic acids is 3. The molecule has 1 aromatic carbocycles. The van der Waals surface area contributed by atoms with Gasteiger partial charge in [-0.15, -0.1) is 0 Å². The van der Waals surface area contributed by atoms with Crippen LogP contribution in [0.4, 0.5) is 0 Å². The number of hydrogen-bond donors (Lipinski definition) is 2. The SMILES string of the molecule is O=C1CCC(N2Cc3cc(CN4CCNCC4)cc(Cl)c3C2=O)C(=O)N1. The fraction of sp³-hybridized carbons (Fsp3) is 0.500. The Balaban J connectivity index is 1.54. The van der Waals surface area contributed by atoms with E-state index in [1.807, 2.05) is 12.1 Å². The van der Waals surface area contributed by atoms with Crippen LogP contribution in [0.1, 0.15) is 34.3 Å². The van der Waals surface area contributed by atoms with E-state index in [-0.39, 0.29) is 18.2 Å². The predicted octanol–water partition coefficient (Wildman–Crippen LogP) is 0.506. The molecule has 0 aromatic heterocycles. The molecule has 3 amide bonds. The third kappa shape index (κ3) is 3.22. The summed E-state index contributed by atoms with van der Waals surface area (Å²) < 4.78 is 0. The maximum atomic E-state index is 12.8. The van der Waals surface area contributed by atoms with Crippen LogP contribution in [0.15, 0.2) is 12.1 Å². The van der Waals surface area contributed by atoms with Crippen molar-refractivity contribution in [1.82, 2.24) is 20.4 Å². The monoisotopic (exact) mass is 376 g/mol. The molecule has 4 rings (SSSR count). The van der Waals surface area contributed by atoms with Crippen LogP contribution in [-0.2, 0) is 22.7 Å². The third-order valence-corrected chi connectivity index (χ3v) is 5.55. The molecular weight excluding hydrogens is 356 g/mol. The largest absolute Gasteiger partial charge is 0.322 e. The number of imide groups is 1. The highest BCUT2D eigenvalue weighted by Crippen LogP contribution is 2.33. The van der Waals surface area contributed by atoms with Gasteiger partial charge in [0.25, 0.3) is 5.91 Å². The van der Waals surface area contributed by atoms with Crippen LogP contribution in [0.3, 0.4) is 0 Å². The number of amides is 3. The van der Waals surface area contributed by atoms with Gasteiger partial charge in [0.15, 0.2) is 0 Å². The highest BCUT2D eigenvalue weighted by atomic mass is 35.5. The molecule has 3 aliphatic rings. The van der Waals surface area contributed by atoms with Crippen molar-refractivity contribution in [1.29, 1.82) is 0 Å². The summed E-state index contributed by atoms with van der Waals surface area (Å²) in [4.78, 5) is 40.2. The average Bonchev–Trinajstić information content (AvgIpc) is 2.93. The lowest BCUT2D eigenvalue weighted by atomic mass is 10.0. The fourth-order valence-corrected chi connectivity index (χ4v) is 4.28. The van der Waals surface area contributed by atoms with Crippen molar-refractivity contribution in [3.63, 3.8) is 0 Å². The van der Waals surface area contributed by atoms with E-state index in [0.717, 1.165) is 43.9 Å². The van der Waals surface area contributed by atoms with E-state index in [9.17, 15) is 14.4 Å². The summed E-state index contributed by atoms with van der Waals surface area (Å²) >= 11 is 6.42. The number of piperazine rings is 1. The highest BCUT2D eigenvalue weighted by Gasteiger charge is 2.40. The minimum atomic E-state index is -0.611. The third-order valence-electron chi connectivity index (χ3n) is 5.25. The van der Waals surface area contributed by atoms with Gasteiger partial charge in [-0.05, 0) is 23.6 Å². The first-order chi connectivity index (χ1) is 12.5. The quantitative estimate of drug-likeness (QED) is 0.751. The maximum Gasteiger partial charge on any atom is 0.256 e. The van der Waals surface area contributed by atoms with Gasteiger partial charge < -0.3 is 10.2 Å². The molecule has 7 nitrogen and oxygen atoms in total. The van der Waals surface area contributed by atoms with E-state index in [2.05, 4.69) is 15.5 Å². The molecule has 0 aliphatic carbocycles. The van der Waals surface area contributed by atoms with Crippen molar-refractivity contribution in [2.75, 3.05) is 26.2 Å². The molecule has 1 atom stereocenters. The Morgan fingerprint density at radius 3 is 2.65 bits per heavy atom. The van der Waals surface area contributed by atoms with Crippen molar-refractivity contribution in [3.8, 4) is 0 Å². The van der Waals surface area contributed by atoms with Crippen LogP contribution in [-0.4, -0.2) is 59.7 Å². The highest BCUT2D eigenvalue weighted by molar-refractivity contribution is 6.34. The Morgan fingerprint density at radius 2 is 1.92 bits per heavy atom. The summed E-state index contributed by atoms with van der Waals surface area (Å²) in [5, 5.41) is 6.08. The molecule has 1 unspecified atom stereocenters. The first-order valence-electron chi connectivity index (χ1n) is 8.92. The summed E-state index contributed by atoms with van der Waals surface area (Å²) in [7, 11) is 0. The number of rotatable bonds is 3. The minimum Gasteiger partial charge on any atom is -0.322 e. The molecule has 2 N–H and O–H groups in total. The van der Waals surface area contributed by atoms with Crippen LogP contribution >= 0.6 is 11.6 Å². The molecule has 0 saturated carbocycles. The Kier molecular flexibility index (Phi) is 4.69. The van der Waals surface area contributed by atoms with Gasteiger partial charge in [0, 0.05) is 45.7 Å². The van der Waals surface area contributed by atoms with Gasteiger partial charge in [-0.3, -0.25) is 24.6 Å². The molecule has 2 fully saturated rings. The molecule has 1 aromatic rings. The number of nitrogens with one attached hydrogen (secondary N) is 2. The average molecular weight is 377 g/mol. The number of nitrogens with zero attached hydrogens (tertiary/aromatic N) is 2. The number of carbonyl (C=O) groups is 3. The lowest BCUT2D eigenvalue weighted by Crippen LogP contribution is -2.52. The van der Waals surface area contributed by atoms with E-state index in [4.69, 9.17) is 11.6 Å². The molecule has 8 heteroatoms. The second-order valence-corrected chi connectivity index (χ2v) is 7.45. The van der Waals surface area contributed by atoms with Crippen molar-refractivity contribution < 1.29 is 14.4 Å². The van der Waals surface area contributed by atoms with Crippen LogP contribution in [0, 0.1) is 0 Å². The summed E-state index contributed by atoms with van der Waals surface area (Å²) in [6.07, 6.45) is 0.605. The Hall–Kier alpha value is -1.96. The zero-order chi connectivity index (χ0) is 18.3. The molecule has 3 heterocycles. The number of fused-ring (bicyclic) bond motifs is 1. The van der Waals surface area contributed by atoms with Gasteiger partial charge in [-0.2, -0.15) is 0 Å². The van der Waals surface area contributed by atoms with Crippen molar-refractivity contribution in [2.24, 2.45) is 0 Å². The normalized spacial score (nSPS) is 24.0. The second-order valence-electron chi connectivity index (χ2n) is 7.04. The summed E-state index contributed by atoms with van der Waals surface area (Å²) in [6.45, 7) is 5.06. The molecule has 0 bridgehead atoms. The van der Waals surface area contributed by atoms with Crippen LogP contribution in [0.25, 0.3) is 0 Å². The zero-order valence-electron chi connectivity index (χ0n) is 14.4. The van der Waals surface area contributed by atoms with Crippen molar-refractivity contribution in [2.45, 2.75) is 32.0 Å². The Morgan fingerprint density at radius 1 is 1.15 bits per heavy atom. The van der Waals surface area contributed by atoms with Gasteiger partial charge in [0.05, 0.1) is 10.6 Å². The molecule has 0 spiro atoms. The lowest BCUT2D eigenvalue weighted by Gasteiger charge is -2.29. The number of halogens is 1. The summed E-state index contributed by atoms with van der Waals surface area (Å²) in [5.41, 5.74) is 2.42. The summed E-state index contributed by atoms with van der Waals surface area (Å²) in [6, 6.07) is 3.27. The van der Waals surface area contributed by atoms with E-state index in [1.54, 1.807) is 0 Å². The van der Waals surface area contributed by atoms with E-state index in [0.29, 0.717) is 23.6 Å². The topological polar surface area (TPSA) is 81.8 Å². The number of benzene rings is 1. The Bertz CT molecular complexity index is 776. The minimum absolute atomic E-state index is 0.228. The fourth-order valence-electron chi connectivity index (χ4n) is 3.94. The molecule has 0 radical (unpaired) electrons. The van der Waals surface area contributed by atoms with Crippen LogP contribution in [0.2, 0.25) is 5.02 Å². The van der Waals surface area contributed by atoms with E-state index >= 15 is 0 Å². The van der Waals surface area contributed by atoms with Crippen molar-refractivity contribution in [3.05, 3.63) is 33.8 Å². The van der Waals surface area contributed by atoms with Gasteiger partial charge in [-0.25, -0.2) is 0 Å². The van der Waals surface area contributed by atoms with Crippen LogP contribution < -0.4 is 10.6 Å². The van der Waals surface area contributed by atoms with E-state index in [1.165, 1.54) is 4.90 Å². The first kappa shape index (κ1) is 17.5. The van der Waals surface area contributed by atoms with Gasteiger partial charge >= 0.3 is 0 Å². The molecule has 26 heavy (non-hydrogen) atoms. The predicted molar refractivity (Wildman–Crippen MR) is 95.6 cm³/mol. The number of piperidine rings is 1. The first-order valence-corrected chi connectivity index (χ1v) is 9.30. The maximum absolute atomic E-state index is 12.8. The smallest absolute Gasteiger partial charge is 0.256 e.